The molecule has 4 nitrogen and oxygen atoms in total. The van der Waals surface area contributed by atoms with Gasteiger partial charge < -0.3 is 10.0 Å². The first kappa shape index (κ1) is 14.0. The summed E-state index contributed by atoms with van der Waals surface area (Å²) in [6, 6.07) is 0. The van der Waals surface area contributed by atoms with Crippen LogP contribution in [-0.4, -0.2) is 35.0 Å². The monoisotopic (exact) mass is 241 g/mol. The van der Waals surface area contributed by atoms with E-state index in [2.05, 4.69) is 13.8 Å². The number of carbonyl (C=O) groups excluding carboxylic acids is 1. The summed E-state index contributed by atoms with van der Waals surface area (Å²) in [6.07, 6.45) is 3.03. The lowest BCUT2D eigenvalue weighted by atomic mass is 9.77. The molecule has 0 spiro atoms. The van der Waals surface area contributed by atoms with Gasteiger partial charge in [-0.15, -0.1) is 0 Å². The van der Waals surface area contributed by atoms with Crippen LogP contribution in [0.15, 0.2) is 0 Å². The van der Waals surface area contributed by atoms with Crippen molar-refractivity contribution >= 4 is 11.9 Å². The summed E-state index contributed by atoms with van der Waals surface area (Å²) in [7, 11) is 0. The van der Waals surface area contributed by atoms with E-state index in [1.807, 2.05) is 0 Å². The molecule has 1 amide bonds. The summed E-state index contributed by atoms with van der Waals surface area (Å²) in [6.45, 7) is 8.71. The molecular weight excluding hydrogens is 218 g/mol. The number of carboxylic acids is 1. The predicted octanol–water partition coefficient (Wildman–Crippen LogP) is 2.14. The second-order valence-electron chi connectivity index (χ2n) is 5.89. The minimum absolute atomic E-state index is 0.261. The lowest BCUT2D eigenvalue weighted by Crippen LogP contribution is -2.49. The van der Waals surface area contributed by atoms with Crippen LogP contribution in [0.4, 0.5) is 0 Å². The maximum Gasteiger partial charge on any atom is 0.318 e. The van der Waals surface area contributed by atoms with Gasteiger partial charge in [-0.1, -0.05) is 20.3 Å². The van der Waals surface area contributed by atoms with Crippen LogP contribution < -0.4 is 0 Å². The Morgan fingerprint density at radius 2 is 1.76 bits per heavy atom. The maximum atomic E-state index is 12.1. The second kappa shape index (κ2) is 4.67. The largest absolute Gasteiger partial charge is 0.480 e. The Morgan fingerprint density at radius 1 is 1.29 bits per heavy atom. The van der Waals surface area contributed by atoms with Crippen molar-refractivity contribution < 1.29 is 14.7 Å². The van der Waals surface area contributed by atoms with Gasteiger partial charge in [0.15, 0.2) is 0 Å². The molecule has 0 unspecified atom stereocenters. The van der Waals surface area contributed by atoms with E-state index in [0.29, 0.717) is 18.5 Å². The molecule has 1 saturated heterocycles. The zero-order valence-corrected chi connectivity index (χ0v) is 11.2. The van der Waals surface area contributed by atoms with E-state index in [0.717, 1.165) is 19.3 Å². The molecule has 4 heteroatoms. The summed E-state index contributed by atoms with van der Waals surface area (Å²) >= 11 is 0. The summed E-state index contributed by atoms with van der Waals surface area (Å²) in [5.74, 6) is -1.31. The van der Waals surface area contributed by atoms with Gasteiger partial charge in [0.2, 0.25) is 5.91 Å². The Hall–Kier alpha value is -1.06. The number of aliphatic carboxylic acids is 1. The molecule has 1 aliphatic rings. The number of carbonyl (C=O) groups is 2. The molecule has 1 rings (SSSR count). The van der Waals surface area contributed by atoms with Crippen molar-refractivity contribution in [1.82, 2.24) is 4.90 Å². The van der Waals surface area contributed by atoms with E-state index < -0.39 is 11.4 Å². The van der Waals surface area contributed by atoms with Crippen LogP contribution in [0.2, 0.25) is 0 Å². The fraction of sp³-hybridized carbons (Fsp3) is 0.846. The minimum atomic E-state index is -1.31. The molecule has 0 aliphatic carbocycles. The smallest absolute Gasteiger partial charge is 0.318 e. The molecule has 0 saturated carbocycles. The van der Waals surface area contributed by atoms with Gasteiger partial charge in [-0.25, -0.2) is 0 Å². The number of likely N-dealkylation sites (tertiary alicyclic amines) is 1. The van der Waals surface area contributed by atoms with Gasteiger partial charge in [0.25, 0.3) is 0 Å². The van der Waals surface area contributed by atoms with Gasteiger partial charge in [-0.3, -0.25) is 9.59 Å². The van der Waals surface area contributed by atoms with Gasteiger partial charge >= 0.3 is 5.97 Å². The molecule has 1 aliphatic heterocycles. The quantitative estimate of drug-likeness (QED) is 0.770. The van der Waals surface area contributed by atoms with Gasteiger partial charge in [0.1, 0.15) is 5.41 Å². The molecule has 1 N–H and O–H groups in total. The molecule has 1 heterocycles. The standard InChI is InChI=1S/C13H23NO3/c1-5-13(4)6-8-14(9-7-13)10(15)12(2,3)11(16)17/h5-9H2,1-4H3,(H,16,17). The third kappa shape index (κ3) is 2.79. The number of nitrogens with zero attached hydrogens (tertiary/aromatic N) is 1. The molecule has 1 fully saturated rings. The highest BCUT2D eigenvalue weighted by atomic mass is 16.4. The first-order chi connectivity index (χ1) is 7.73. The normalized spacial score (nSPS) is 20.1. The van der Waals surface area contributed by atoms with Crippen molar-refractivity contribution in [2.75, 3.05) is 13.1 Å². The lowest BCUT2D eigenvalue weighted by Gasteiger charge is -2.40. The Labute approximate surface area is 103 Å². The van der Waals surface area contributed by atoms with E-state index >= 15 is 0 Å². The summed E-state index contributed by atoms with van der Waals surface area (Å²) < 4.78 is 0. The van der Waals surface area contributed by atoms with E-state index in [9.17, 15) is 9.59 Å². The maximum absolute atomic E-state index is 12.1. The van der Waals surface area contributed by atoms with E-state index in [4.69, 9.17) is 5.11 Å². The number of piperidine rings is 1. The Kier molecular flexibility index (Phi) is 3.84. The van der Waals surface area contributed by atoms with Gasteiger partial charge in [-0.2, -0.15) is 0 Å². The van der Waals surface area contributed by atoms with Gasteiger partial charge in [0, 0.05) is 13.1 Å². The molecule has 0 radical (unpaired) electrons. The molecule has 0 atom stereocenters. The second-order valence-corrected chi connectivity index (χ2v) is 5.89. The molecule has 0 aromatic heterocycles. The van der Waals surface area contributed by atoms with Crippen LogP contribution in [0.3, 0.4) is 0 Å². The lowest BCUT2D eigenvalue weighted by molar-refractivity contribution is -0.159. The van der Waals surface area contributed by atoms with Gasteiger partial charge in [0.05, 0.1) is 0 Å². The van der Waals surface area contributed by atoms with Crippen molar-refractivity contribution in [2.24, 2.45) is 10.8 Å². The highest BCUT2D eigenvalue weighted by Gasteiger charge is 2.41. The van der Waals surface area contributed by atoms with E-state index in [1.165, 1.54) is 13.8 Å². The van der Waals surface area contributed by atoms with Crippen LogP contribution in [-0.2, 0) is 9.59 Å². The Bertz CT molecular complexity index is 315. The fourth-order valence-electron chi connectivity index (χ4n) is 2.09. The van der Waals surface area contributed by atoms with Crippen molar-refractivity contribution in [2.45, 2.75) is 47.0 Å². The third-order valence-electron chi connectivity index (χ3n) is 4.18. The summed E-state index contributed by atoms with van der Waals surface area (Å²) in [5, 5.41) is 9.04. The average molecular weight is 241 g/mol. The van der Waals surface area contributed by atoms with Crippen LogP contribution in [0.5, 0.6) is 0 Å². The highest BCUT2D eigenvalue weighted by Crippen LogP contribution is 2.35. The van der Waals surface area contributed by atoms with Crippen LogP contribution in [0.1, 0.15) is 47.0 Å². The van der Waals surface area contributed by atoms with Gasteiger partial charge in [-0.05, 0) is 32.1 Å². The first-order valence-electron chi connectivity index (χ1n) is 6.26. The average Bonchev–Trinajstić information content (AvgIpc) is 2.29. The molecule has 0 aromatic rings. The predicted molar refractivity (Wildman–Crippen MR) is 65.6 cm³/mol. The summed E-state index contributed by atoms with van der Waals surface area (Å²) in [4.78, 5) is 24.8. The molecule has 98 valence electrons. The van der Waals surface area contributed by atoms with Crippen LogP contribution in [0.25, 0.3) is 0 Å². The van der Waals surface area contributed by atoms with Crippen LogP contribution in [0, 0.1) is 10.8 Å². The number of hydrogen-bond acceptors (Lipinski definition) is 2. The SMILES string of the molecule is CCC1(C)CCN(C(=O)C(C)(C)C(=O)O)CC1. The van der Waals surface area contributed by atoms with E-state index in [1.54, 1.807) is 4.90 Å². The zero-order chi connectivity index (χ0) is 13.3. The number of rotatable bonds is 3. The minimum Gasteiger partial charge on any atom is -0.480 e. The Balaban J connectivity index is 2.67. The van der Waals surface area contributed by atoms with Crippen molar-refractivity contribution in [3.63, 3.8) is 0 Å². The number of amides is 1. The van der Waals surface area contributed by atoms with Crippen molar-refractivity contribution in [1.29, 1.82) is 0 Å². The van der Waals surface area contributed by atoms with Crippen molar-refractivity contribution in [3.8, 4) is 0 Å². The highest BCUT2D eigenvalue weighted by molar-refractivity contribution is 6.01. The topological polar surface area (TPSA) is 57.6 Å². The first-order valence-corrected chi connectivity index (χ1v) is 6.26. The molecule has 0 aromatic carbocycles. The number of hydrogen-bond donors (Lipinski definition) is 1. The van der Waals surface area contributed by atoms with Crippen molar-refractivity contribution in [3.05, 3.63) is 0 Å². The molecule has 17 heavy (non-hydrogen) atoms. The zero-order valence-electron chi connectivity index (χ0n) is 11.2. The van der Waals surface area contributed by atoms with Crippen LogP contribution >= 0.6 is 0 Å². The number of carboxylic acid groups (broad SMARTS) is 1. The Morgan fingerprint density at radius 3 is 2.12 bits per heavy atom. The fourth-order valence-corrected chi connectivity index (χ4v) is 2.09. The molecular formula is C13H23NO3. The third-order valence-corrected chi connectivity index (χ3v) is 4.18. The van der Waals surface area contributed by atoms with E-state index in [-0.39, 0.29) is 5.91 Å². The molecule has 0 bridgehead atoms. The summed E-state index contributed by atoms with van der Waals surface area (Å²) in [5.41, 5.74) is -0.996.